The highest BCUT2D eigenvalue weighted by Gasteiger charge is 2.53. The third kappa shape index (κ3) is 27.1. The van der Waals surface area contributed by atoms with Crippen molar-refractivity contribution >= 4 is 133 Å². The van der Waals surface area contributed by atoms with Crippen LogP contribution in [0.3, 0.4) is 0 Å². The second-order valence-electron chi connectivity index (χ2n) is 38.2. The van der Waals surface area contributed by atoms with Crippen molar-refractivity contribution in [3.8, 4) is 38.4 Å². The van der Waals surface area contributed by atoms with E-state index in [0.717, 1.165) is 66.0 Å². The number of nitrogens with one attached hydrogen (secondary N) is 4. The van der Waals surface area contributed by atoms with E-state index in [-0.39, 0.29) is 108 Å². The Morgan fingerprint density at radius 1 is 0.540 bits per heavy atom. The summed E-state index contributed by atoms with van der Waals surface area (Å²) in [5.41, 5.74) is 6.19. The Morgan fingerprint density at radius 2 is 0.921 bits per heavy atom. The van der Waals surface area contributed by atoms with Crippen LogP contribution in [0.25, 0.3) is 25.7 Å². The van der Waals surface area contributed by atoms with Crippen LogP contribution < -0.4 is 50.3 Å². The first kappa shape index (κ1) is 108. The van der Waals surface area contributed by atoms with E-state index in [1.54, 1.807) is 82.4 Å². The van der Waals surface area contributed by atoms with Gasteiger partial charge in [0.05, 0.1) is 74.8 Å². The van der Waals surface area contributed by atoms with E-state index < -0.39 is 92.7 Å². The number of carbonyl (C=O) groups excluding carboxylic acids is 8. The number of aromatic nitrogens is 2. The van der Waals surface area contributed by atoms with Crippen LogP contribution >= 0.6 is 47.1 Å². The number of benzene rings is 6. The molecular formula is C102H121F5N14O14S4. The molecule has 12 rings (SSSR count). The highest BCUT2D eigenvalue weighted by Crippen LogP contribution is 2.44. The van der Waals surface area contributed by atoms with Gasteiger partial charge in [-0.2, -0.15) is 18.4 Å². The summed E-state index contributed by atoms with van der Waals surface area (Å²) in [5.74, 6) is -3.94. The third-order valence-corrected chi connectivity index (χ3v) is 27.0. The number of ether oxygens (including phenoxy) is 6. The molecule has 0 unspecified atom stereocenters. The van der Waals surface area contributed by atoms with Crippen molar-refractivity contribution in [3.05, 3.63) is 195 Å². The zero-order chi connectivity index (χ0) is 101. The van der Waals surface area contributed by atoms with Gasteiger partial charge in [-0.25, -0.2) is 23.6 Å². The monoisotopic (exact) mass is 1990 g/mol. The number of nitrogens with zero attached hydrogens (tertiary/aromatic N) is 10. The van der Waals surface area contributed by atoms with Crippen LogP contribution in [0, 0.1) is 73.0 Å². The molecule has 0 aliphatic carbocycles. The molecule has 2 aromatic heterocycles. The number of hydrogen-bond acceptors (Lipinski definition) is 21. The number of nitriles is 1. The number of aryl methyl sites for hydroxylation is 3. The average molecular weight is 1990 g/mol. The first-order chi connectivity index (χ1) is 65.8. The van der Waals surface area contributed by atoms with E-state index in [9.17, 15) is 56.8 Å². The molecule has 139 heavy (non-hydrogen) atoms. The van der Waals surface area contributed by atoms with Crippen LogP contribution in [-0.2, 0) is 76.6 Å². The Balaban J connectivity index is 0.000000266. The van der Waals surface area contributed by atoms with Crippen molar-refractivity contribution in [2.75, 3.05) is 98.8 Å². The molecule has 0 saturated carbocycles. The molecule has 4 N–H and O–H groups in total. The number of hydrogen-bond donors (Lipinski definition) is 4. The zero-order valence-corrected chi connectivity index (χ0v) is 84.2. The molecule has 4 aliphatic rings. The van der Waals surface area contributed by atoms with Crippen LogP contribution in [0.5, 0.6) is 11.5 Å². The number of carbonyl (C=O) groups is 8. The van der Waals surface area contributed by atoms with Crippen molar-refractivity contribution in [3.63, 3.8) is 0 Å². The van der Waals surface area contributed by atoms with Gasteiger partial charge in [-0.1, -0.05) is 110 Å². The minimum absolute atomic E-state index is 0.0597. The highest BCUT2D eigenvalue weighted by atomic mass is 32.1. The van der Waals surface area contributed by atoms with Gasteiger partial charge in [-0.15, -0.1) is 22.7 Å². The standard InChI is InChI=1S/C51H59F4N7O7S2.C51H62FN7O7S2/c1-31-23-40(45(64)57-27-33-11-13-34(14-12-33)43-32(2)58-30-71-43)60(28-31)46(65)44(49(3,4)5)59-42(63)29-68-20-9-8-19-67-21-10-22-69-41-18-17-37(25-39(41)52)62-48(70)61(47(66)50(62,6)7)36-16-15-35(26-56)38(24-36)51(53,54)55;1-32-25-41(46(61)54-28-35-13-15-36(16-14-35)44-34(3)55-31-68-44)57(29-32)47(62)45(50(4,5)6)56-43(60)30-65-22-11-10-21-64-23-12-24-66-42-20-18-38(27-39(42)52)59-49(67)58(48(63)51(59,7)8)37-17-19-40(53-9)33(2)26-37/h11-18,24-25,30-31,40,44H,8-10,19-23,27-29H2,1-7H3,(H,57,64)(H,59,63);13-20,26-27,31-32,41,45H,10-12,21-25,28-30H2,1-8H3,(H,54,61)(H,56,60)/t31-,40+,44-;32-,41+,45-/m11/s1. The molecular weight excluding hydrogens is 1870 g/mol. The van der Waals surface area contributed by atoms with Crippen LogP contribution in [-0.4, -0.2) is 192 Å². The van der Waals surface area contributed by atoms with Crippen molar-refractivity contribution in [1.82, 2.24) is 41.0 Å². The van der Waals surface area contributed by atoms with Gasteiger partial charge in [0.1, 0.15) is 48.5 Å². The quantitative estimate of drug-likeness (QED) is 0.0120. The summed E-state index contributed by atoms with van der Waals surface area (Å²) in [6.45, 7) is 38.4. The van der Waals surface area contributed by atoms with Crippen LogP contribution in [0.15, 0.2) is 132 Å². The zero-order valence-electron chi connectivity index (χ0n) is 80.9. The number of likely N-dealkylation sites (tertiary alicyclic amines) is 2. The van der Waals surface area contributed by atoms with E-state index in [2.05, 4.69) is 36.1 Å². The van der Waals surface area contributed by atoms with Crippen molar-refractivity contribution < 1.29 is 88.7 Å². The maximum absolute atomic E-state index is 15.3. The van der Waals surface area contributed by atoms with Crippen molar-refractivity contribution in [2.45, 2.75) is 210 Å². The Morgan fingerprint density at radius 3 is 1.28 bits per heavy atom. The maximum Gasteiger partial charge on any atom is 0.417 e. The van der Waals surface area contributed by atoms with E-state index in [4.69, 9.17) is 59.4 Å². The summed E-state index contributed by atoms with van der Waals surface area (Å²) in [4.78, 5) is 131. The van der Waals surface area contributed by atoms with Gasteiger partial charge in [-0.3, -0.25) is 48.2 Å². The van der Waals surface area contributed by atoms with E-state index in [1.165, 1.54) is 60.0 Å². The highest BCUT2D eigenvalue weighted by molar-refractivity contribution is 7.81. The fourth-order valence-corrected chi connectivity index (χ4v) is 19.4. The minimum Gasteiger partial charge on any atom is -0.490 e. The first-order valence-corrected chi connectivity index (χ1v) is 48.8. The second-order valence-corrected chi connectivity index (χ2v) is 40.7. The van der Waals surface area contributed by atoms with Gasteiger partial charge in [0, 0.05) is 108 Å². The summed E-state index contributed by atoms with van der Waals surface area (Å²) in [6, 6.07) is 30.9. The SMILES string of the molecule is Cc1ncsc1-c1ccc(CNC(=O)[C@@H]2C[C@@H](C)CN2C(=O)[C@@H](NC(=O)COCCCCOCCCOc2ccc(N3C(=S)N(c4ccc(C#N)c(C(F)(F)F)c4)C(=O)C3(C)C)cc2F)C(C)(C)C)cc1.[C-]#[N+]c1ccc(N2C(=O)C(C)(C)N(c3ccc(OCCCOCCCCOCC(=O)N[C@H](C(=O)N4C[C@H](C)C[C@H]4C(=O)NCc4ccc(-c5scnc5C)cc4)C(C)(C)C)c(F)c3)C2=S)cc1C. The number of thiocarbonyl (C=S) groups is 2. The number of unbranched alkanes of at least 4 members (excludes halogenated alkanes) is 2. The lowest BCUT2D eigenvalue weighted by Gasteiger charge is -2.35. The molecule has 6 atom stereocenters. The lowest BCUT2D eigenvalue weighted by atomic mass is 9.85. The van der Waals surface area contributed by atoms with E-state index in [1.807, 2.05) is 129 Å². The Bertz CT molecular complexity index is 5850. The summed E-state index contributed by atoms with van der Waals surface area (Å²) in [6.07, 6.45) is -0.266. The van der Waals surface area contributed by atoms with Crippen LogP contribution in [0.4, 0.5) is 50.4 Å². The predicted molar refractivity (Wildman–Crippen MR) is 531 cm³/mol. The first-order valence-electron chi connectivity index (χ1n) is 46.2. The number of rotatable bonds is 40. The number of halogens is 5. The van der Waals surface area contributed by atoms with Gasteiger partial charge in [0.25, 0.3) is 11.8 Å². The summed E-state index contributed by atoms with van der Waals surface area (Å²) in [5, 5.41) is 21.0. The molecule has 6 aromatic carbocycles. The molecule has 0 bridgehead atoms. The summed E-state index contributed by atoms with van der Waals surface area (Å²) >= 11 is 14.4. The lowest BCUT2D eigenvalue weighted by molar-refractivity contribution is -0.144. The van der Waals surface area contributed by atoms with Crippen LogP contribution in [0.2, 0.25) is 0 Å². The molecule has 8 amide bonds. The molecule has 37 heteroatoms. The molecule has 0 spiro atoms. The second kappa shape index (κ2) is 47.4. The predicted octanol–water partition coefficient (Wildman–Crippen LogP) is 17.4. The van der Waals surface area contributed by atoms with Gasteiger partial charge in [-0.05, 0) is 217 Å². The number of amides is 8. The molecule has 6 heterocycles. The van der Waals surface area contributed by atoms with Gasteiger partial charge in [0.15, 0.2) is 39.0 Å². The molecule has 742 valence electrons. The lowest BCUT2D eigenvalue weighted by Crippen LogP contribution is -2.58. The summed E-state index contributed by atoms with van der Waals surface area (Å²) < 4.78 is 106. The van der Waals surface area contributed by atoms with Gasteiger partial charge in [0.2, 0.25) is 35.4 Å². The number of thiazole rings is 2. The molecule has 0 radical (unpaired) electrons. The average Bonchev–Trinajstić information content (AvgIpc) is 1.59. The van der Waals surface area contributed by atoms with Crippen LogP contribution in [0.1, 0.15) is 174 Å². The smallest absolute Gasteiger partial charge is 0.417 e. The topological polar surface area (TPSA) is 313 Å². The van der Waals surface area contributed by atoms with Crippen molar-refractivity contribution in [1.29, 1.82) is 5.26 Å². The largest absolute Gasteiger partial charge is 0.490 e. The third-order valence-electron chi connectivity index (χ3n) is 24.3. The Kier molecular flexibility index (Phi) is 36.7. The number of anilines is 4. The molecule has 28 nitrogen and oxygen atoms in total. The Labute approximate surface area is 827 Å². The van der Waals surface area contributed by atoms with Crippen molar-refractivity contribution in [2.24, 2.45) is 22.7 Å². The van der Waals surface area contributed by atoms with E-state index >= 15 is 8.78 Å². The maximum atomic E-state index is 15.3. The molecule has 4 fully saturated rings. The fraction of sp³-hybridized carbons (Fsp3) is 0.471. The van der Waals surface area contributed by atoms with Gasteiger partial charge >= 0.3 is 6.18 Å². The minimum atomic E-state index is -4.85. The summed E-state index contributed by atoms with van der Waals surface area (Å²) in [7, 11) is 0. The van der Waals surface area contributed by atoms with E-state index in [0.29, 0.717) is 134 Å². The number of alkyl halides is 3. The molecule has 4 saturated heterocycles. The fourth-order valence-electron chi connectivity index (χ4n) is 16.8. The molecule has 4 aliphatic heterocycles. The Hall–Kier alpha value is -11.8. The molecule has 8 aromatic rings. The van der Waals surface area contributed by atoms with Gasteiger partial charge < -0.3 is 69.3 Å². The normalized spacial score (nSPS) is 17.3.